The van der Waals surface area contributed by atoms with Crippen LogP contribution in [0.1, 0.15) is 12.8 Å². The zero-order valence-electron chi connectivity index (χ0n) is 14.5. The molecule has 1 aromatic carbocycles. The first-order valence-corrected chi connectivity index (χ1v) is 8.85. The lowest BCUT2D eigenvalue weighted by Gasteiger charge is -2.13. The van der Waals surface area contributed by atoms with Gasteiger partial charge in [-0.1, -0.05) is 6.07 Å². The number of nitrogens with two attached hydrogens (primary N) is 1. The maximum Gasteiger partial charge on any atom is 0.241 e. The van der Waals surface area contributed by atoms with Crippen molar-refractivity contribution in [3.63, 3.8) is 0 Å². The number of hydrogen-bond acceptors (Lipinski definition) is 5. The van der Waals surface area contributed by atoms with Crippen molar-refractivity contribution in [1.82, 2.24) is 4.90 Å². The number of carbonyl (C=O) groups is 1. The molecule has 140 valence electrons. The largest absolute Gasteiger partial charge is 0.493 e. The van der Waals surface area contributed by atoms with Gasteiger partial charge in [0.25, 0.3) is 0 Å². The number of hydrogen-bond donors (Lipinski definition) is 2. The number of halogens is 2. The van der Waals surface area contributed by atoms with Gasteiger partial charge >= 0.3 is 0 Å². The number of anilines is 1. The number of benzene rings is 1. The first-order chi connectivity index (χ1) is 10.5. The zero-order chi connectivity index (χ0) is 16.4. The van der Waals surface area contributed by atoms with Crippen molar-refractivity contribution in [2.24, 2.45) is 5.73 Å². The van der Waals surface area contributed by atoms with E-state index in [1.165, 1.54) is 0 Å². The van der Waals surface area contributed by atoms with Gasteiger partial charge in [-0.05, 0) is 51.1 Å². The maximum absolute atomic E-state index is 12.0. The van der Waals surface area contributed by atoms with Crippen molar-refractivity contribution >= 4 is 48.2 Å². The van der Waals surface area contributed by atoms with Crippen molar-refractivity contribution in [1.29, 1.82) is 0 Å². The lowest BCUT2D eigenvalue weighted by atomic mass is 10.2. The van der Waals surface area contributed by atoms with E-state index in [0.29, 0.717) is 13.0 Å². The minimum atomic E-state index is -0.475. The third-order valence-electron chi connectivity index (χ3n) is 3.09. The molecule has 1 rings (SSSR count). The van der Waals surface area contributed by atoms with Gasteiger partial charge in [-0.25, -0.2) is 0 Å². The average Bonchev–Trinajstić information content (AvgIpc) is 2.49. The van der Waals surface area contributed by atoms with Crippen LogP contribution in [0.3, 0.4) is 0 Å². The molecule has 0 saturated carbocycles. The Morgan fingerprint density at radius 1 is 1.38 bits per heavy atom. The molecule has 0 saturated heterocycles. The predicted octanol–water partition coefficient (Wildman–Crippen LogP) is 2.88. The Hall–Kier alpha value is -0.660. The standard InChI is InChI=1S/C16H27N3O2S.2ClH/c1-19(2)9-5-10-21-14-7-4-6-13(12-14)18-16(20)15(17)8-11-22-3;;/h4,6-7,12,15H,5,8-11,17H2,1-3H3,(H,18,20);2*1H/t15-;;/m0../s1. The van der Waals surface area contributed by atoms with Gasteiger partial charge in [-0.3, -0.25) is 4.79 Å². The molecule has 5 nitrogen and oxygen atoms in total. The van der Waals surface area contributed by atoms with Gasteiger partial charge in [0.2, 0.25) is 5.91 Å². The average molecular weight is 398 g/mol. The second-order valence-electron chi connectivity index (χ2n) is 5.41. The van der Waals surface area contributed by atoms with Crippen LogP contribution >= 0.6 is 36.6 Å². The summed E-state index contributed by atoms with van der Waals surface area (Å²) in [6.45, 7) is 1.64. The topological polar surface area (TPSA) is 67.6 Å². The van der Waals surface area contributed by atoms with E-state index >= 15 is 0 Å². The van der Waals surface area contributed by atoms with Crippen LogP contribution in [0.25, 0.3) is 0 Å². The van der Waals surface area contributed by atoms with Crippen LogP contribution in [0.2, 0.25) is 0 Å². The quantitative estimate of drug-likeness (QED) is 0.594. The highest BCUT2D eigenvalue weighted by atomic mass is 35.5. The van der Waals surface area contributed by atoms with Crippen LogP contribution in [0.15, 0.2) is 24.3 Å². The Morgan fingerprint density at radius 3 is 2.71 bits per heavy atom. The van der Waals surface area contributed by atoms with Crippen LogP contribution < -0.4 is 15.8 Å². The molecular formula is C16H29Cl2N3O2S. The Kier molecular flexibility index (Phi) is 15.6. The summed E-state index contributed by atoms with van der Waals surface area (Å²) in [6, 6.07) is 6.95. The van der Waals surface area contributed by atoms with Crippen LogP contribution in [-0.2, 0) is 4.79 Å². The fraction of sp³-hybridized carbons (Fsp3) is 0.562. The minimum Gasteiger partial charge on any atom is -0.493 e. The number of amides is 1. The van der Waals surface area contributed by atoms with Crippen LogP contribution in [0, 0.1) is 0 Å². The summed E-state index contributed by atoms with van der Waals surface area (Å²) in [7, 11) is 4.08. The normalized spacial score (nSPS) is 11.2. The predicted molar refractivity (Wildman–Crippen MR) is 109 cm³/mol. The van der Waals surface area contributed by atoms with E-state index in [-0.39, 0.29) is 30.7 Å². The van der Waals surface area contributed by atoms with Gasteiger partial charge in [-0.15, -0.1) is 24.8 Å². The molecule has 0 bridgehead atoms. The van der Waals surface area contributed by atoms with Crippen molar-refractivity contribution in [2.75, 3.05) is 44.6 Å². The second kappa shape index (κ2) is 14.7. The van der Waals surface area contributed by atoms with E-state index in [1.807, 2.05) is 44.6 Å². The van der Waals surface area contributed by atoms with Gasteiger partial charge in [0, 0.05) is 18.3 Å². The highest BCUT2D eigenvalue weighted by Gasteiger charge is 2.13. The maximum atomic E-state index is 12.0. The van der Waals surface area contributed by atoms with Crippen LogP contribution in [0.4, 0.5) is 5.69 Å². The first kappa shape index (κ1) is 25.6. The SMILES string of the molecule is CSCC[C@H](N)C(=O)Nc1cccc(OCCCN(C)C)c1.Cl.Cl. The molecule has 8 heteroatoms. The highest BCUT2D eigenvalue weighted by Crippen LogP contribution is 2.18. The lowest BCUT2D eigenvalue weighted by molar-refractivity contribution is -0.117. The summed E-state index contributed by atoms with van der Waals surface area (Å²) in [4.78, 5) is 14.1. The molecule has 1 amide bonds. The molecule has 0 aromatic heterocycles. The van der Waals surface area contributed by atoms with E-state index in [2.05, 4.69) is 10.2 Å². The van der Waals surface area contributed by atoms with Gasteiger partial charge in [0.05, 0.1) is 12.6 Å². The van der Waals surface area contributed by atoms with Crippen LogP contribution in [-0.4, -0.2) is 56.1 Å². The Morgan fingerprint density at radius 2 is 2.08 bits per heavy atom. The fourth-order valence-electron chi connectivity index (χ4n) is 1.85. The third-order valence-corrected chi connectivity index (χ3v) is 3.73. The minimum absolute atomic E-state index is 0. The number of carbonyl (C=O) groups excluding carboxylic acids is 1. The zero-order valence-corrected chi connectivity index (χ0v) is 16.9. The van der Waals surface area contributed by atoms with Crippen molar-refractivity contribution < 1.29 is 9.53 Å². The summed E-state index contributed by atoms with van der Waals surface area (Å²) < 4.78 is 5.69. The Bertz CT molecular complexity index is 465. The number of nitrogens with zero attached hydrogens (tertiary/aromatic N) is 1. The van der Waals surface area contributed by atoms with E-state index in [0.717, 1.165) is 30.2 Å². The van der Waals surface area contributed by atoms with Gasteiger partial charge in [0.1, 0.15) is 5.75 Å². The fourth-order valence-corrected chi connectivity index (χ4v) is 2.33. The van der Waals surface area contributed by atoms with E-state index in [1.54, 1.807) is 11.8 Å². The van der Waals surface area contributed by atoms with Crippen LogP contribution in [0.5, 0.6) is 5.75 Å². The summed E-state index contributed by atoms with van der Waals surface area (Å²) >= 11 is 1.69. The van der Waals surface area contributed by atoms with Gasteiger partial charge < -0.3 is 20.7 Å². The summed E-state index contributed by atoms with van der Waals surface area (Å²) in [5, 5.41) is 2.84. The first-order valence-electron chi connectivity index (χ1n) is 7.46. The summed E-state index contributed by atoms with van der Waals surface area (Å²) in [6.07, 6.45) is 3.64. The molecule has 1 atom stereocenters. The molecule has 3 N–H and O–H groups in total. The number of ether oxygens (including phenoxy) is 1. The molecule has 0 aliphatic heterocycles. The number of rotatable bonds is 10. The van der Waals surface area contributed by atoms with E-state index in [9.17, 15) is 4.79 Å². The van der Waals surface area contributed by atoms with Crippen molar-refractivity contribution in [3.8, 4) is 5.75 Å². The van der Waals surface area contributed by atoms with Gasteiger partial charge in [0.15, 0.2) is 0 Å². The molecular weight excluding hydrogens is 369 g/mol. The van der Waals surface area contributed by atoms with Crippen molar-refractivity contribution in [3.05, 3.63) is 24.3 Å². The molecule has 0 radical (unpaired) electrons. The smallest absolute Gasteiger partial charge is 0.241 e. The van der Waals surface area contributed by atoms with Gasteiger partial charge in [-0.2, -0.15) is 11.8 Å². The van der Waals surface area contributed by atoms with E-state index < -0.39 is 6.04 Å². The Balaban J connectivity index is 0. The number of thioether (sulfide) groups is 1. The number of nitrogens with one attached hydrogen (secondary N) is 1. The monoisotopic (exact) mass is 397 g/mol. The molecule has 0 spiro atoms. The Labute approximate surface area is 161 Å². The second-order valence-corrected chi connectivity index (χ2v) is 6.40. The molecule has 0 unspecified atom stereocenters. The lowest BCUT2D eigenvalue weighted by Crippen LogP contribution is -2.36. The van der Waals surface area contributed by atoms with E-state index in [4.69, 9.17) is 10.5 Å². The molecule has 1 aromatic rings. The molecule has 0 aliphatic carbocycles. The summed E-state index contributed by atoms with van der Waals surface area (Å²) in [5.41, 5.74) is 6.57. The molecule has 0 aliphatic rings. The molecule has 0 heterocycles. The highest BCUT2D eigenvalue weighted by molar-refractivity contribution is 7.98. The third kappa shape index (κ3) is 11.0. The molecule has 0 fully saturated rings. The van der Waals surface area contributed by atoms with Crippen molar-refractivity contribution in [2.45, 2.75) is 18.9 Å². The summed E-state index contributed by atoms with van der Waals surface area (Å²) in [5.74, 6) is 1.48. The molecule has 24 heavy (non-hydrogen) atoms.